The molecule has 2 N–H and O–H groups in total. The Bertz CT molecular complexity index is 527. The average Bonchev–Trinajstić information content (AvgIpc) is 2.73. The molecule has 0 amide bonds. The first-order valence-corrected chi connectivity index (χ1v) is 12.6. The Balaban J connectivity index is 6.21. The van der Waals surface area contributed by atoms with E-state index in [9.17, 15) is 14.7 Å². The molecule has 0 aromatic carbocycles. The summed E-state index contributed by atoms with van der Waals surface area (Å²) in [4.78, 5) is 23.9. The number of carboxylic acids is 2. The Labute approximate surface area is 200 Å². The van der Waals surface area contributed by atoms with E-state index in [1.807, 2.05) is 27.7 Å². The van der Waals surface area contributed by atoms with E-state index in [0.29, 0.717) is 38.9 Å². The highest BCUT2D eigenvalue weighted by molar-refractivity contribution is 5.77. The maximum absolute atomic E-state index is 13.1. The molecule has 0 aliphatic carbocycles. The molecule has 2 atom stereocenters. The van der Waals surface area contributed by atoms with Crippen LogP contribution in [0, 0.1) is 5.41 Å². The molecule has 0 aliphatic rings. The number of hydrogen-bond donors (Lipinski definition) is 2. The lowest BCUT2D eigenvalue weighted by Crippen LogP contribution is -2.67. The van der Waals surface area contributed by atoms with Gasteiger partial charge in [0.1, 0.15) is 0 Å². The van der Waals surface area contributed by atoms with Crippen molar-refractivity contribution in [2.24, 2.45) is 5.41 Å². The minimum Gasteiger partial charge on any atom is -0.481 e. The highest BCUT2D eigenvalue weighted by Gasteiger charge is 2.68. The minimum atomic E-state index is -1.64. The molecule has 0 spiro atoms. The smallest absolute Gasteiger partial charge is 0.320 e. The zero-order chi connectivity index (χ0) is 25.4. The molecule has 0 aromatic rings. The number of aliphatic carboxylic acids is 2. The fourth-order valence-electron chi connectivity index (χ4n) is 4.33. The van der Waals surface area contributed by atoms with Crippen LogP contribution in [0.5, 0.6) is 0 Å². The van der Waals surface area contributed by atoms with Crippen molar-refractivity contribution in [2.45, 2.75) is 117 Å². The van der Waals surface area contributed by atoms with E-state index in [0.717, 1.165) is 25.7 Å². The molecule has 0 heterocycles. The molecule has 0 rings (SSSR count). The van der Waals surface area contributed by atoms with Gasteiger partial charge in [0.25, 0.3) is 0 Å². The van der Waals surface area contributed by atoms with Crippen molar-refractivity contribution in [3.05, 3.63) is 0 Å². The molecule has 196 valence electrons. The number of unbranched alkanes of at least 4 members (excludes halogenated alkanes) is 5. The summed E-state index contributed by atoms with van der Waals surface area (Å²) in [7, 11) is 0. The molecule has 0 saturated heterocycles. The van der Waals surface area contributed by atoms with Crippen LogP contribution in [0.3, 0.4) is 0 Å². The zero-order valence-electron chi connectivity index (χ0n) is 21.7. The molecule has 0 bridgehead atoms. The summed E-state index contributed by atoms with van der Waals surface area (Å²) in [5, 5.41) is 19.6. The van der Waals surface area contributed by atoms with Gasteiger partial charge in [0, 0.05) is 19.6 Å². The number of hydrogen-bond acceptors (Lipinski definition) is 6. The molecule has 0 radical (unpaired) electrons. The Morgan fingerprint density at radius 1 is 0.667 bits per heavy atom. The molecule has 8 heteroatoms. The normalized spacial score (nSPS) is 17.2. The van der Waals surface area contributed by atoms with E-state index in [1.54, 1.807) is 13.8 Å². The Morgan fingerprint density at radius 2 is 1.12 bits per heavy atom. The summed E-state index contributed by atoms with van der Waals surface area (Å²) in [6, 6.07) is 0. The molecule has 0 aromatic heterocycles. The van der Waals surface area contributed by atoms with E-state index < -0.39 is 28.9 Å². The summed E-state index contributed by atoms with van der Waals surface area (Å²) < 4.78 is 24.6. The van der Waals surface area contributed by atoms with Gasteiger partial charge >= 0.3 is 11.9 Å². The second kappa shape index (κ2) is 16.4. The van der Waals surface area contributed by atoms with Crippen LogP contribution in [0.1, 0.15) is 106 Å². The van der Waals surface area contributed by atoms with Crippen molar-refractivity contribution in [3.8, 4) is 0 Å². The van der Waals surface area contributed by atoms with Crippen LogP contribution in [0.25, 0.3) is 0 Å². The third kappa shape index (κ3) is 9.15. The molecular formula is C25H48O8. The average molecular weight is 477 g/mol. The van der Waals surface area contributed by atoms with Crippen LogP contribution in [-0.2, 0) is 28.5 Å². The van der Waals surface area contributed by atoms with Crippen LogP contribution in [-0.4, -0.2) is 60.2 Å². The monoisotopic (exact) mass is 476 g/mol. The number of ether oxygens (including phenoxy) is 4. The standard InChI is InChI=1S/C25H48O8/c1-7-11-19-32-23(5,30-9-3)25(22(28)29,18-16-14-13-15-17-21(26)27)24(6,31-10-4)33-20-12-8-2/h7-20H2,1-6H3,(H,26,27)(H,28,29). The fourth-order valence-corrected chi connectivity index (χ4v) is 4.33. The van der Waals surface area contributed by atoms with Gasteiger partial charge in [-0.1, -0.05) is 46.0 Å². The first-order chi connectivity index (χ1) is 15.6. The van der Waals surface area contributed by atoms with Gasteiger partial charge in [0.2, 0.25) is 0 Å². The lowest BCUT2D eigenvalue weighted by Gasteiger charge is -2.53. The lowest BCUT2D eigenvalue weighted by atomic mass is 9.68. The summed E-state index contributed by atoms with van der Waals surface area (Å²) in [6.45, 7) is 12.3. The van der Waals surface area contributed by atoms with Gasteiger partial charge in [0.15, 0.2) is 17.0 Å². The van der Waals surface area contributed by atoms with Gasteiger partial charge in [-0.3, -0.25) is 9.59 Å². The van der Waals surface area contributed by atoms with Crippen LogP contribution in [0.4, 0.5) is 0 Å². The minimum absolute atomic E-state index is 0.109. The third-order valence-electron chi connectivity index (χ3n) is 6.20. The predicted molar refractivity (Wildman–Crippen MR) is 127 cm³/mol. The Morgan fingerprint density at radius 3 is 1.48 bits per heavy atom. The fraction of sp³-hybridized carbons (Fsp3) is 0.920. The topological polar surface area (TPSA) is 112 Å². The summed E-state index contributed by atoms with van der Waals surface area (Å²) in [6.07, 6.45) is 6.17. The van der Waals surface area contributed by atoms with Crippen molar-refractivity contribution in [1.29, 1.82) is 0 Å². The van der Waals surface area contributed by atoms with Crippen molar-refractivity contribution < 1.29 is 38.7 Å². The van der Waals surface area contributed by atoms with Gasteiger partial charge in [-0.05, 0) is 53.4 Å². The Hall–Kier alpha value is -1.22. The first kappa shape index (κ1) is 31.8. The van der Waals surface area contributed by atoms with Gasteiger partial charge in [-0.2, -0.15) is 0 Å². The second-order valence-corrected chi connectivity index (χ2v) is 8.68. The SMILES string of the molecule is CCCCOC(C)(OCC)C(CCCCCCC(=O)O)(C(=O)O)C(C)(OCC)OCCCC. The molecule has 0 saturated carbocycles. The maximum atomic E-state index is 13.1. The van der Waals surface area contributed by atoms with Crippen LogP contribution < -0.4 is 0 Å². The molecule has 0 fully saturated rings. The van der Waals surface area contributed by atoms with Gasteiger partial charge < -0.3 is 29.2 Å². The van der Waals surface area contributed by atoms with Crippen LogP contribution >= 0.6 is 0 Å². The van der Waals surface area contributed by atoms with E-state index in [2.05, 4.69) is 0 Å². The number of carboxylic acid groups (broad SMARTS) is 2. The summed E-state index contributed by atoms with van der Waals surface area (Å²) >= 11 is 0. The first-order valence-electron chi connectivity index (χ1n) is 12.6. The molecule has 2 unspecified atom stereocenters. The van der Waals surface area contributed by atoms with Gasteiger partial charge in [0.05, 0.1) is 13.2 Å². The maximum Gasteiger partial charge on any atom is 0.320 e. The van der Waals surface area contributed by atoms with Crippen molar-refractivity contribution >= 4 is 11.9 Å². The number of carbonyl (C=O) groups is 2. The van der Waals surface area contributed by atoms with Crippen molar-refractivity contribution in [2.75, 3.05) is 26.4 Å². The molecule has 0 aliphatic heterocycles. The number of rotatable bonds is 22. The van der Waals surface area contributed by atoms with E-state index in [4.69, 9.17) is 24.1 Å². The zero-order valence-corrected chi connectivity index (χ0v) is 21.7. The highest BCUT2D eigenvalue weighted by atomic mass is 16.7. The lowest BCUT2D eigenvalue weighted by molar-refractivity contribution is -0.378. The van der Waals surface area contributed by atoms with Gasteiger partial charge in [-0.25, -0.2) is 0 Å². The van der Waals surface area contributed by atoms with Crippen molar-refractivity contribution in [1.82, 2.24) is 0 Å². The summed E-state index contributed by atoms with van der Waals surface area (Å²) in [5.41, 5.74) is -1.64. The van der Waals surface area contributed by atoms with E-state index in [1.165, 1.54) is 0 Å². The van der Waals surface area contributed by atoms with Gasteiger partial charge in [-0.15, -0.1) is 0 Å². The quantitative estimate of drug-likeness (QED) is 0.153. The predicted octanol–water partition coefficient (Wildman–Crippen LogP) is 5.62. The van der Waals surface area contributed by atoms with Crippen LogP contribution in [0.2, 0.25) is 0 Å². The highest BCUT2D eigenvalue weighted by Crippen LogP contribution is 2.51. The second-order valence-electron chi connectivity index (χ2n) is 8.68. The Kier molecular flexibility index (Phi) is 15.8. The van der Waals surface area contributed by atoms with E-state index >= 15 is 0 Å². The van der Waals surface area contributed by atoms with Crippen LogP contribution in [0.15, 0.2) is 0 Å². The summed E-state index contributed by atoms with van der Waals surface area (Å²) in [5.74, 6) is -4.88. The molecular weight excluding hydrogens is 428 g/mol. The molecule has 33 heavy (non-hydrogen) atoms. The van der Waals surface area contributed by atoms with E-state index in [-0.39, 0.29) is 26.1 Å². The molecule has 8 nitrogen and oxygen atoms in total. The third-order valence-corrected chi connectivity index (χ3v) is 6.20. The largest absolute Gasteiger partial charge is 0.481 e. The van der Waals surface area contributed by atoms with Crippen molar-refractivity contribution in [3.63, 3.8) is 0 Å².